The van der Waals surface area contributed by atoms with Gasteiger partial charge >= 0.3 is 0 Å². The second kappa shape index (κ2) is 6.22. The summed E-state index contributed by atoms with van der Waals surface area (Å²) in [6.45, 7) is 0. The molecule has 0 aliphatic rings. The highest BCUT2D eigenvalue weighted by atomic mass is 19.1. The van der Waals surface area contributed by atoms with Gasteiger partial charge in [-0.1, -0.05) is 18.2 Å². The Labute approximate surface area is 125 Å². The molecule has 0 fully saturated rings. The van der Waals surface area contributed by atoms with Gasteiger partial charge in [-0.25, -0.2) is 8.78 Å². The molecule has 0 aliphatic carbocycles. The number of rotatable bonds is 4. The predicted octanol–water partition coefficient (Wildman–Crippen LogP) is 4.67. The van der Waals surface area contributed by atoms with E-state index >= 15 is 0 Å². The number of benzene rings is 2. The first-order chi connectivity index (χ1) is 10.7. The monoisotopic (exact) mass is 298 g/mol. The van der Waals surface area contributed by atoms with E-state index in [4.69, 9.17) is 4.42 Å². The molecular formula is C17H12F2N2O. The third-order valence-electron chi connectivity index (χ3n) is 2.98. The quantitative estimate of drug-likeness (QED) is 0.561. The molecule has 22 heavy (non-hydrogen) atoms. The van der Waals surface area contributed by atoms with Crippen molar-refractivity contribution in [2.45, 2.75) is 0 Å². The number of nitrogens with zero attached hydrogens (tertiary/aromatic N) is 1. The molecule has 0 spiro atoms. The van der Waals surface area contributed by atoms with Gasteiger partial charge in [0.2, 0.25) is 0 Å². The smallest absolute Gasteiger partial charge is 0.147 e. The van der Waals surface area contributed by atoms with E-state index in [9.17, 15) is 8.78 Å². The van der Waals surface area contributed by atoms with Gasteiger partial charge in [0.1, 0.15) is 23.2 Å². The molecule has 1 aromatic heterocycles. The topological polar surface area (TPSA) is 37.5 Å². The molecule has 3 aromatic rings. The molecule has 0 atom stereocenters. The van der Waals surface area contributed by atoms with Crippen LogP contribution in [0.15, 0.2) is 70.2 Å². The molecule has 0 radical (unpaired) electrons. The van der Waals surface area contributed by atoms with Crippen molar-refractivity contribution in [1.82, 2.24) is 0 Å². The molecular weight excluding hydrogens is 286 g/mol. The average molecular weight is 298 g/mol. The Morgan fingerprint density at radius 3 is 2.55 bits per heavy atom. The minimum atomic E-state index is -0.666. The predicted molar refractivity (Wildman–Crippen MR) is 81.7 cm³/mol. The molecule has 1 N–H and O–H groups in total. The van der Waals surface area contributed by atoms with Crippen LogP contribution in [-0.4, -0.2) is 6.21 Å². The zero-order valence-corrected chi connectivity index (χ0v) is 11.5. The summed E-state index contributed by atoms with van der Waals surface area (Å²) in [7, 11) is 0. The maximum atomic E-state index is 13.7. The van der Waals surface area contributed by atoms with Crippen LogP contribution >= 0.6 is 0 Å². The third kappa shape index (κ3) is 3.20. The van der Waals surface area contributed by atoms with Crippen LogP contribution in [0.25, 0.3) is 11.3 Å². The summed E-state index contributed by atoms with van der Waals surface area (Å²) >= 11 is 0. The van der Waals surface area contributed by atoms with Crippen LogP contribution in [0.3, 0.4) is 0 Å². The van der Waals surface area contributed by atoms with Crippen LogP contribution < -0.4 is 5.43 Å². The number of anilines is 1. The number of hydrogen-bond donors (Lipinski definition) is 1. The van der Waals surface area contributed by atoms with Crippen LogP contribution in [0.5, 0.6) is 0 Å². The van der Waals surface area contributed by atoms with Gasteiger partial charge in [-0.05, 0) is 36.4 Å². The second-order valence-corrected chi connectivity index (χ2v) is 4.56. The second-order valence-electron chi connectivity index (χ2n) is 4.56. The van der Waals surface area contributed by atoms with Crippen molar-refractivity contribution in [2.24, 2.45) is 5.10 Å². The molecule has 0 amide bonds. The van der Waals surface area contributed by atoms with E-state index in [-0.39, 0.29) is 5.56 Å². The van der Waals surface area contributed by atoms with Crippen molar-refractivity contribution in [3.05, 3.63) is 78.1 Å². The first-order valence-corrected chi connectivity index (χ1v) is 6.62. The molecule has 0 aliphatic heterocycles. The van der Waals surface area contributed by atoms with Crippen LogP contribution in [0.1, 0.15) is 5.76 Å². The lowest BCUT2D eigenvalue weighted by atomic mass is 10.1. The Morgan fingerprint density at radius 2 is 1.77 bits per heavy atom. The SMILES string of the molecule is Fc1ccc(-c2ccc(/C=N\Nc3ccccc3)o2)c(F)c1. The average Bonchev–Trinajstić information content (AvgIpc) is 2.97. The summed E-state index contributed by atoms with van der Waals surface area (Å²) in [5.41, 5.74) is 3.90. The first-order valence-electron chi connectivity index (χ1n) is 6.62. The first kappa shape index (κ1) is 14.0. The molecule has 3 rings (SSSR count). The Morgan fingerprint density at radius 1 is 0.955 bits per heavy atom. The van der Waals surface area contributed by atoms with Gasteiger partial charge in [-0.2, -0.15) is 5.10 Å². The number of nitrogens with one attached hydrogen (secondary N) is 1. The lowest BCUT2D eigenvalue weighted by Gasteiger charge is -1.99. The van der Waals surface area contributed by atoms with E-state index in [0.717, 1.165) is 11.8 Å². The fourth-order valence-corrected chi connectivity index (χ4v) is 1.94. The Kier molecular flexibility index (Phi) is 3.96. The molecule has 0 unspecified atom stereocenters. The highest BCUT2D eigenvalue weighted by molar-refractivity contribution is 5.78. The zero-order valence-electron chi connectivity index (χ0n) is 11.5. The van der Waals surface area contributed by atoms with E-state index in [1.807, 2.05) is 30.3 Å². The molecule has 5 heteroatoms. The highest BCUT2D eigenvalue weighted by Crippen LogP contribution is 2.25. The standard InChI is InChI=1S/C17H12F2N2O/c18-12-6-8-15(16(19)10-12)17-9-7-14(22-17)11-20-21-13-4-2-1-3-5-13/h1-11,21H/b20-11-. The van der Waals surface area contributed by atoms with E-state index < -0.39 is 11.6 Å². The number of furan rings is 1. The molecule has 1 heterocycles. The lowest BCUT2D eigenvalue weighted by molar-refractivity contribution is 0.556. The van der Waals surface area contributed by atoms with E-state index in [0.29, 0.717) is 11.5 Å². The molecule has 0 bridgehead atoms. The molecule has 3 nitrogen and oxygen atoms in total. The summed E-state index contributed by atoms with van der Waals surface area (Å²) in [6.07, 6.45) is 1.48. The van der Waals surface area contributed by atoms with Crippen molar-refractivity contribution in [1.29, 1.82) is 0 Å². The zero-order chi connectivity index (χ0) is 15.4. The Hall–Kier alpha value is -2.95. The van der Waals surface area contributed by atoms with Crippen LogP contribution in [0, 0.1) is 11.6 Å². The molecule has 110 valence electrons. The minimum absolute atomic E-state index is 0.206. The summed E-state index contributed by atoms with van der Waals surface area (Å²) in [5, 5.41) is 4.03. The third-order valence-corrected chi connectivity index (χ3v) is 2.98. The molecule has 2 aromatic carbocycles. The van der Waals surface area contributed by atoms with Gasteiger partial charge in [0.05, 0.1) is 17.5 Å². The van der Waals surface area contributed by atoms with Crippen molar-refractivity contribution in [2.75, 3.05) is 5.43 Å². The minimum Gasteiger partial charge on any atom is -0.455 e. The maximum Gasteiger partial charge on any atom is 0.147 e. The van der Waals surface area contributed by atoms with Crippen molar-refractivity contribution in [3.63, 3.8) is 0 Å². The van der Waals surface area contributed by atoms with Crippen molar-refractivity contribution >= 4 is 11.9 Å². The molecule has 0 saturated heterocycles. The molecule has 0 saturated carbocycles. The fourth-order valence-electron chi connectivity index (χ4n) is 1.94. The van der Waals surface area contributed by atoms with Crippen LogP contribution in [0.2, 0.25) is 0 Å². The summed E-state index contributed by atoms with van der Waals surface area (Å²) < 4.78 is 32.0. The number of hydrazone groups is 1. The van der Waals surface area contributed by atoms with Gasteiger partial charge in [0.15, 0.2) is 0 Å². The van der Waals surface area contributed by atoms with E-state index in [2.05, 4.69) is 10.5 Å². The fraction of sp³-hybridized carbons (Fsp3) is 0. The van der Waals surface area contributed by atoms with Gasteiger partial charge < -0.3 is 4.42 Å². The lowest BCUT2D eigenvalue weighted by Crippen LogP contribution is -1.88. The maximum absolute atomic E-state index is 13.7. The largest absolute Gasteiger partial charge is 0.455 e. The van der Waals surface area contributed by atoms with Gasteiger partial charge in [-0.15, -0.1) is 0 Å². The van der Waals surface area contributed by atoms with Crippen LogP contribution in [0.4, 0.5) is 14.5 Å². The summed E-state index contributed by atoms with van der Waals surface area (Å²) in [5.74, 6) is -0.511. The van der Waals surface area contributed by atoms with Gasteiger partial charge in [-0.3, -0.25) is 5.43 Å². The van der Waals surface area contributed by atoms with Crippen LogP contribution in [-0.2, 0) is 0 Å². The normalized spacial score (nSPS) is 11.0. The highest BCUT2D eigenvalue weighted by Gasteiger charge is 2.10. The van der Waals surface area contributed by atoms with E-state index in [1.165, 1.54) is 18.3 Å². The Balaban J connectivity index is 1.73. The number of para-hydroxylation sites is 1. The van der Waals surface area contributed by atoms with Crippen molar-refractivity contribution < 1.29 is 13.2 Å². The van der Waals surface area contributed by atoms with E-state index in [1.54, 1.807) is 12.1 Å². The summed E-state index contributed by atoms with van der Waals surface area (Å²) in [6, 6.07) is 16.1. The summed E-state index contributed by atoms with van der Waals surface area (Å²) in [4.78, 5) is 0. The van der Waals surface area contributed by atoms with Gasteiger partial charge in [0.25, 0.3) is 0 Å². The number of halogens is 2. The Bertz CT molecular complexity index is 797. The van der Waals surface area contributed by atoms with Gasteiger partial charge in [0, 0.05) is 6.07 Å². The van der Waals surface area contributed by atoms with Crippen molar-refractivity contribution in [3.8, 4) is 11.3 Å². The number of hydrogen-bond acceptors (Lipinski definition) is 3.